The molecular weight excluding hydrogens is 322 g/mol. The van der Waals surface area contributed by atoms with Crippen LogP contribution in [0.3, 0.4) is 0 Å². The summed E-state index contributed by atoms with van der Waals surface area (Å²) in [7, 11) is 0. The Kier molecular flexibility index (Phi) is 5.21. The van der Waals surface area contributed by atoms with Gasteiger partial charge in [0.15, 0.2) is 0 Å². The van der Waals surface area contributed by atoms with Gasteiger partial charge in [0.05, 0.1) is 24.1 Å². The molecule has 2 heterocycles. The highest BCUT2D eigenvalue weighted by Gasteiger charge is 2.17. The lowest BCUT2D eigenvalue weighted by molar-refractivity contribution is 0.285. The Labute approximate surface area is 155 Å². The Morgan fingerprint density at radius 2 is 1.77 bits per heavy atom. The van der Waals surface area contributed by atoms with Crippen LogP contribution in [0.15, 0.2) is 48.5 Å². The Hall–Kier alpha value is -2.33. The van der Waals surface area contributed by atoms with Crippen LogP contribution in [0.1, 0.15) is 31.2 Å². The van der Waals surface area contributed by atoms with Gasteiger partial charge in [0.1, 0.15) is 18.2 Å². The molecule has 1 saturated heterocycles. The maximum atomic E-state index is 5.99. The molecule has 1 aliphatic heterocycles. The van der Waals surface area contributed by atoms with Crippen molar-refractivity contribution >= 4 is 11.0 Å². The number of aryl methyl sites for hydroxylation is 1. The first kappa shape index (κ1) is 17.1. The van der Waals surface area contributed by atoms with E-state index in [0.29, 0.717) is 6.61 Å². The van der Waals surface area contributed by atoms with Crippen molar-refractivity contribution in [2.45, 2.75) is 39.3 Å². The fraction of sp³-hybridized carbons (Fsp3) is 0.409. The molecule has 0 spiro atoms. The number of hydrogen-bond acceptors (Lipinski definition) is 3. The van der Waals surface area contributed by atoms with Crippen molar-refractivity contribution in [1.82, 2.24) is 14.5 Å². The molecule has 0 radical (unpaired) electrons. The van der Waals surface area contributed by atoms with Crippen LogP contribution in [-0.4, -0.2) is 34.1 Å². The van der Waals surface area contributed by atoms with Gasteiger partial charge in [0.25, 0.3) is 0 Å². The SMILES string of the molecule is CCc1ccc(OCCn2c(CN3CCCC3)nc3ccccc32)cc1. The Bertz CT molecular complexity index is 847. The molecule has 4 rings (SSSR count). The molecule has 26 heavy (non-hydrogen) atoms. The first-order chi connectivity index (χ1) is 12.8. The van der Waals surface area contributed by atoms with Gasteiger partial charge in [-0.15, -0.1) is 0 Å². The van der Waals surface area contributed by atoms with Crippen molar-refractivity contribution < 1.29 is 4.74 Å². The van der Waals surface area contributed by atoms with Gasteiger partial charge < -0.3 is 9.30 Å². The van der Waals surface area contributed by atoms with E-state index >= 15 is 0 Å². The highest BCUT2D eigenvalue weighted by molar-refractivity contribution is 5.75. The van der Waals surface area contributed by atoms with E-state index in [1.54, 1.807) is 0 Å². The minimum Gasteiger partial charge on any atom is -0.492 e. The average molecular weight is 349 g/mol. The van der Waals surface area contributed by atoms with Crippen LogP contribution < -0.4 is 4.74 Å². The normalized spacial score (nSPS) is 15.0. The highest BCUT2D eigenvalue weighted by Crippen LogP contribution is 2.20. The van der Waals surface area contributed by atoms with E-state index in [1.165, 1.54) is 37.0 Å². The number of hydrogen-bond donors (Lipinski definition) is 0. The number of aromatic nitrogens is 2. The van der Waals surface area contributed by atoms with Gasteiger partial charge in [0, 0.05) is 0 Å². The van der Waals surface area contributed by atoms with Crippen molar-refractivity contribution in [3.05, 3.63) is 59.9 Å². The molecule has 0 bridgehead atoms. The first-order valence-corrected chi connectivity index (χ1v) is 9.72. The third-order valence-corrected chi connectivity index (χ3v) is 5.21. The summed E-state index contributed by atoms with van der Waals surface area (Å²) in [4.78, 5) is 7.39. The molecule has 0 amide bonds. The number of rotatable bonds is 7. The Morgan fingerprint density at radius 3 is 2.54 bits per heavy atom. The van der Waals surface area contributed by atoms with Gasteiger partial charge in [-0.1, -0.05) is 31.2 Å². The molecule has 1 aliphatic rings. The number of fused-ring (bicyclic) bond motifs is 1. The van der Waals surface area contributed by atoms with E-state index in [9.17, 15) is 0 Å². The zero-order valence-electron chi connectivity index (χ0n) is 15.5. The second-order valence-electron chi connectivity index (χ2n) is 7.00. The van der Waals surface area contributed by atoms with Crippen molar-refractivity contribution in [2.24, 2.45) is 0 Å². The van der Waals surface area contributed by atoms with E-state index in [-0.39, 0.29) is 0 Å². The van der Waals surface area contributed by atoms with E-state index in [2.05, 4.69) is 64.9 Å². The van der Waals surface area contributed by atoms with Gasteiger partial charge in [-0.05, 0) is 62.2 Å². The lowest BCUT2D eigenvalue weighted by Gasteiger charge is -2.16. The van der Waals surface area contributed by atoms with E-state index < -0.39 is 0 Å². The van der Waals surface area contributed by atoms with E-state index in [1.807, 2.05) is 0 Å². The van der Waals surface area contributed by atoms with Crippen LogP contribution in [0, 0.1) is 0 Å². The molecule has 2 aromatic carbocycles. The van der Waals surface area contributed by atoms with Gasteiger partial charge in [-0.3, -0.25) is 4.90 Å². The Morgan fingerprint density at radius 1 is 1.00 bits per heavy atom. The summed E-state index contributed by atoms with van der Waals surface area (Å²) >= 11 is 0. The molecule has 0 aliphatic carbocycles. The van der Waals surface area contributed by atoms with Gasteiger partial charge in [-0.25, -0.2) is 4.98 Å². The summed E-state index contributed by atoms with van der Waals surface area (Å²) < 4.78 is 8.32. The first-order valence-electron chi connectivity index (χ1n) is 9.72. The third-order valence-electron chi connectivity index (χ3n) is 5.21. The smallest absolute Gasteiger partial charge is 0.124 e. The minimum absolute atomic E-state index is 0.652. The van der Waals surface area contributed by atoms with Crippen LogP contribution in [0.25, 0.3) is 11.0 Å². The molecular formula is C22H27N3O. The van der Waals surface area contributed by atoms with Crippen molar-refractivity contribution in [3.63, 3.8) is 0 Å². The van der Waals surface area contributed by atoms with E-state index in [0.717, 1.165) is 36.6 Å². The minimum atomic E-state index is 0.652. The van der Waals surface area contributed by atoms with Crippen molar-refractivity contribution in [2.75, 3.05) is 19.7 Å². The summed E-state index contributed by atoms with van der Waals surface area (Å²) in [5.41, 5.74) is 3.62. The predicted octanol–water partition coefficient (Wildman–Crippen LogP) is 4.27. The van der Waals surface area contributed by atoms with Crippen LogP contribution >= 0.6 is 0 Å². The highest BCUT2D eigenvalue weighted by atomic mass is 16.5. The van der Waals surface area contributed by atoms with Crippen molar-refractivity contribution in [1.29, 1.82) is 0 Å². The number of imidazole rings is 1. The van der Waals surface area contributed by atoms with Gasteiger partial charge in [-0.2, -0.15) is 0 Å². The quantitative estimate of drug-likeness (QED) is 0.638. The maximum Gasteiger partial charge on any atom is 0.124 e. The zero-order chi connectivity index (χ0) is 17.8. The van der Waals surface area contributed by atoms with Crippen molar-refractivity contribution in [3.8, 4) is 5.75 Å². The van der Waals surface area contributed by atoms with E-state index in [4.69, 9.17) is 9.72 Å². The van der Waals surface area contributed by atoms with Crippen LogP contribution in [0.5, 0.6) is 5.75 Å². The Balaban J connectivity index is 1.48. The molecule has 0 N–H and O–H groups in total. The summed E-state index contributed by atoms with van der Waals surface area (Å²) in [6.45, 7) is 6.94. The molecule has 0 unspecified atom stereocenters. The number of para-hydroxylation sites is 2. The lowest BCUT2D eigenvalue weighted by atomic mass is 10.2. The zero-order valence-corrected chi connectivity index (χ0v) is 15.5. The summed E-state index contributed by atoms with van der Waals surface area (Å²) in [5.74, 6) is 2.09. The fourth-order valence-electron chi connectivity index (χ4n) is 3.71. The van der Waals surface area contributed by atoms with Crippen LogP contribution in [0.4, 0.5) is 0 Å². The standard InChI is InChI=1S/C22H27N3O/c1-2-18-9-11-19(12-10-18)26-16-15-25-21-8-4-3-7-20(21)23-22(25)17-24-13-5-6-14-24/h3-4,7-12H,2,5-6,13-17H2,1H3. The summed E-state index contributed by atoms with van der Waals surface area (Å²) in [5, 5.41) is 0. The monoisotopic (exact) mass is 349 g/mol. The second kappa shape index (κ2) is 7.92. The largest absolute Gasteiger partial charge is 0.492 e. The molecule has 0 atom stereocenters. The molecule has 3 aromatic rings. The predicted molar refractivity (Wildman–Crippen MR) is 106 cm³/mol. The lowest BCUT2D eigenvalue weighted by Crippen LogP contribution is -2.22. The molecule has 1 fully saturated rings. The number of likely N-dealkylation sites (tertiary alicyclic amines) is 1. The third kappa shape index (κ3) is 3.75. The average Bonchev–Trinajstić information content (AvgIpc) is 3.31. The molecule has 0 saturated carbocycles. The molecule has 4 heteroatoms. The number of nitrogens with zero attached hydrogens (tertiary/aromatic N) is 3. The number of ether oxygens (including phenoxy) is 1. The topological polar surface area (TPSA) is 30.3 Å². The molecule has 4 nitrogen and oxygen atoms in total. The molecule has 1 aromatic heterocycles. The van der Waals surface area contributed by atoms with Gasteiger partial charge in [0.2, 0.25) is 0 Å². The van der Waals surface area contributed by atoms with Crippen LogP contribution in [-0.2, 0) is 19.5 Å². The maximum absolute atomic E-state index is 5.99. The van der Waals surface area contributed by atoms with Gasteiger partial charge >= 0.3 is 0 Å². The molecule has 136 valence electrons. The fourth-order valence-corrected chi connectivity index (χ4v) is 3.71. The number of benzene rings is 2. The summed E-state index contributed by atoms with van der Waals surface area (Å²) in [6, 6.07) is 16.8. The second-order valence-corrected chi connectivity index (χ2v) is 7.00. The summed E-state index contributed by atoms with van der Waals surface area (Å²) in [6.07, 6.45) is 3.66. The van der Waals surface area contributed by atoms with Crippen LogP contribution in [0.2, 0.25) is 0 Å².